The molecule has 6 heteroatoms. The van der Waals surface area contributed by atoms with Crippen molar-refractivity contribution in [3.05, 3.63) is 108 Å². The maximum Gasteiger partial charge on any atom is 0.310 e. The van der Waals surface area contributed by atoms with Gasteiger partial charge in [-0.05, 0) is 66.3 Å². The number of benzene rings is 3. The summed E-state index contributed by atoms with van der Waals surface area (Å²) in [5.74, 6) is 0.104. The van der Waals surface area contributed by atoms with Gasteiger partial charge in [-0.3, -0.25) is 14.7 Å². The Labute approximate surface area is 230 Å². The van der Waals surface area contributed by atoms with Crippen molar-refractivity contribution in [2.75, 3.05) is 25.5 Å². The van der Waals surface area contributed by atoms with Gasteiger partial charge in [0.25, 0.3) is 0 Å². The molecule has 4 heterocycles. The molecule has 3 saturated heterocycles. The molecule has 39 heavy (non-hydrogen) atoms. The second kappa shape index (κ2) is 11.6. The lowest BCUT2D eigenvalue weighted by Crippen LogP contribution is -2.57. The van der Waals surface area contributed by atoms with Crippen LogP contribution in [0.25, 0.3) is 10.9 Å². The molecule has 0 amide bonds. The summed E-state index contributed by atoms with van der Waals surface area (Å²) in [6, 6.07) is 28.8. The van der Waals surface area contributed by atoms with Gasteiger partial charge in [0.15, 0.2) is 0 Å². The number of rotatable bonds is 9. The molecular formula is C33H35N3O3. The number of hydrogen-bond acceptors (Lipinski definition) is 6. The first kappa shape index (κ1) is 25.5. The SMILES string of the molecule is CNc1ccc2nccc([C@@H](OCc3ccccc3)C3CC4CCN3CC4C(=O)OCc3ccccc3)c2c1. The Morgan fingerprint density at radius 3 is 2.44 bits per heavy atom. The molecule has 0 aliphatic carbocycles. The maximum atomic E-state index is 13.2. The van der Waals surface area contributed by atoms with Crippen molar-refractivity contribution in [2.24, 2.45) is 11.8 Å². The summed E-state index contributed by atoms with van der Waals surface area (Å²) in [6.45, 7) is 2.53. The predicted molar refractivity (Wildman–Crippen MR) is 153 cm³/mol. The van der Waals surface area contributed by atoms with Gasteiger partial charge in [-0.2, -0.15) is 0 Å². The van der Waals surface area contributed by atoms with E-state index in [1.54, 1.807) is 0 Å². The minimum Gasteiger partial charge on any atom is -0.461 e. The molecule has 3 aliphatic heterocycles. The van der Waals surface area contributed by atoms with Crippen molar-refractivity contribution in [1.29, 1.82) is 0 Å². The Kier molecular flexibility index (Phi) is 7.57. The molecule has 200 valence electrons. The lowest BCUT2D eigenvalue weighted by Gasteiger charge is -2.51. The van der Waals surface area contributed by atoms with Gasteiger partial charge < -0.3 is 14.8 Å². The monoisotopic (exact) mass is 521 g/mol. The van der Waals surface area contributed by atoms with Crippen molar-refractivity contribution in [1.82, 2.24) is 9.88 Å². The van der Waals surface area contributed by atoms with Gasteiger partial charge >= 0.3 is 5.97 Å². The number of anilines is 1. The molecule has 5 atom stereocenters. The van der Waals surface area contributed by atoms with E-state index in [1.807, 2.05) is 61.8 Å². The van der Waals surface area contributed by atoms with Gasteiger partial charge in [0, 0.05) is 36.9 Å². The fourth-order valence-electron chi connectivity index (χ4n) is 6.23. The predicted octanol–water partition coefficient (Wildman–Crippen LogP) is 5.99. The van der Waals surface area contributed by atoms with Crippen molar-refractivity contribution in [3.8, 4) is 0 Å². The van der Waals surface area contributed by atoms with Crippen LogP contribution in [0.1, 0.15) is 35.6 Å². The van der Waals surface area contributed by atoms with Crippen LogP contribution in [0.4, 0.5) is 5.69 Å². The maximum absolute atomic E-state index is 13.2. The molecule has 4 unspecified atom stereocenters. The van der Waals surface area contributed by atoms with Crippen LogP contribution < -0.4 is 5.32 Å². The zero-order chi connectivity index (χ0) is 26.6. The quantitative estimate of drug-likeness (QED) is 0.273. The van der Waals surface area contributed by atoms with Gasteiger partial charge in [0.05, 0.1) is 24.1 Å². The van der Waals surface area contributed by atoms with Gasteiger partial charge in [0.1, 0.15) is 6.61 Å². The third kappa shape index (κ3) is 5.54. The van der Waals surface area contributed by atoms with Crippen LogP contribution in [0.15, 0.2) is 91.1 Å². The van der Waals surface area contributed by atoms with E-state index in [2.05, 4.69) is 51.6 Å². The normalized spacial score (nSPS) is 22.9. The summed E-state index contributed by atoms with van der Waals surface area (Å²) in [7, 11) is 1.93. The molecule has 3 aliphatic rings. The second-order valence-electron chi connectivity index (χ2n) is 10.6. The Bertz CT molecular complexity index is 1410. The molecule has 6 nitrogen and oxygen atoms in total. The summed E-state index contributed by atoms with van der Waals surface area (Å²) in [4.78, 5) is 20.3. The number of carbonyl (C=O) groups excluding carboxylic acids is 1. The first-order chi connectivity index (χ1) is 19.2. The third-order valence-corrected chi connectivity index (χ3v) is 8.32. The van der Waals surface area contributed by atoms with Crippen LogP contribution in [-0.4, -0.2) is 42.0 Å². The fourth-order valence-corrected chi connectivity index (χ4v) is 6.23. The Morgan fingerprint density at radius 2 is 1.74 bits per heavy atom. The summed E-state index contributed by atoms with van der Waals surface area (Å²) in [5.41, 5.74) is 5.32. The van der Waals surface area contributed by atoms with Crippen LogP contribution in [0.3, 0.4) is 0 Å². The first-order valence-corrected chi connectivity index (χ1v) is 13.9. The molecule has 1 N–H and O–H groups in total. The summed E-state index contributed by atoms with van der Waals surface area (Å²) >= 11 is 0. The highest BCUT2D eigenvalue weighted by atomic mass is 16.5. The lowest BCUT2D eigenvalue weighted by atomic mass is 9.73. The van der Waals surface area contributed by atoms with Gasteiger partial charge in [-0.25, -0.2) is 0 Å². The van der Waals surface area contributed by atoms with Crippen LogP contribution >= 0.6 is 0 Å². The second-order valence-corrected chi connectivity index (χ2v) is 10.6. The average Bonchev–Trinajstić information content (AvgIpc) is 3.01. The summed E-state index contributed by atoms with van der Waals surface area (Å²) in [6.07, 6.45) is 3.65. The molecule has 0 radical (unpaired) electrons. The van der Waals surface area contributed by atoms with E-state index in [0.29, 0.717) is 19.8 Å². The van der Waals surface area contributed by atoms with E-state index in [4.69, 9.17) is 9.47 Å². The largest absolute Gasteiger partial charge is 0.461 e. The highest BCUT2D eigenvalue weighted by Crippen LogP contribution is 2.44. The topological polar surface area (TPSA) is 63.7 Å². The minimum atomic E-state index is -0.146. The van der Waals surface area contributed by atoms with Crippen LogP contribution in [-0.2, 0) is 27.5 Å². The van der Waals surface area contributed by atoms with Crippen LogP contribution in [0.2, 0.25) is 0 Å². The average molecular weight is 522 g/mol. The lowest BCUT2D eigenvalue weighted by molar-refractivity contribution is -0.162. The van der Waals surface area contributed by atoms with Crippen molar-refractivity contribution in [2.45, 2.75) is 38.2 Å². The molecular weight excluding hydrogens is 486 g/mol. The van der Waals surface area contributed by atoms with E-state index in [1.165, 1.54) is 0 Å². The fraction of sp³-hybridized carbons (Fsp3) is 0.333. The number of nitrogens with one attached hydrogen (secondary N) is 1. The Balaban J connectivity index is 1.25. The zero-order valence-electron chi connectivity index (χ0n) is 22.3. The first-order valence-electron chi connectivity index (χ1n) is 13.9. The van der Waals surface area contributed by atoms with E-state index in [0.717, 1.165) is 52.7 Å². The molecule has 0 spiro atoms. The molecule has 4 aromatic rings. The molecule has 0 saturated carbocycles. The number of fused-ring (bicyclic) bond motifs is 4. The molecule has 1 aromatic heterocycles. The summed E-state index contributed by atoms with van der Waals surface area (Å²) in [5, 5.41) is 4.36. The Morgan fingerprint density at radius 1 is 1.00 bits per heavy atom. The van der Waals surface area contributed by atoms with Crippen molar-refractivity contribution in [3.63, 3.8) is 0 Å². The third-order valence-electron chi connectivity index (χ3n) is 8.32. The van der Waals surface area contributed by atoms with Crippen LogP contribution in [0.5, 0.6) is 0 Å². The van der Waals surface area contributed by atoms with Crippen molar-refractivity contribution >= 4 is 22.6 Å². The minimum absolute atomic E-state index is 0.0817. The van der Waals surface area contributed by atoms with Crippen molar-refractivity contribution < 1.29 is 14.3 Å². The molecule has 3 fully saturated rings. The van der Waals surface area contributed by atoms with Gasteiger partial charge in [0.2, 0.25) is 0 Å². The summed E-state index contributed by atoms with van der Waals surface area (Å²) < 4.78 is 12.6. The molecule has 3 aromatic carbocycles. The number of carbonyl (C=O) groups is 1. The standard InChI is InChI=1S/C33H35N3O3/c1-34-26-12-13-30-28(19-26)27(14-16-35-30)32(38-21-23-8-4-2-5-9-23)31-18-25-15-17-36(31)20-29(25)33(37)39-22-24-10-6-3-7-11-24/h2-14,16,19,25,29,31-32,34H,15,17-18,20-22H2,1H3/t25?,29?,31?,32-/m1/s1. The molecule has 7 rings (SSSR count). The number of nitrogens with zero attached hydrogens (tertiary/aromatic N) is 2. The Hall–Kier alpha value is -3.74. The van der Waals surface area contributed by atoms with Gasteiger partial charge in [-0.15, -0.1) is 0 Å². The number of aromatic nitrogens is 1. The number of pyridine rings is 1. The van der Waals surface area contributed by atoms with E-state index in [-0.39, 0.29) is 30.0 Å². The van der Waals surface area contributed by atoms with E-state index < -0.39 is 0 Å². The highest BCUT2D eigenvalue weighted by molar-refractivity contribution is 5.86. The van der Waals surface area contributed by atoms with E-state index >= 15 is 0 Å². The molecule has 2 bridgehead atoms. The van der Waals surface area contributed by atoms with Gasteiger partial charge in [-0.1, -0.05) is 60.7 Å². The highest BCUT2D eigenvalue weighted by Gasteiger charge is 2.47. The smallest absolute Gasteiger partial charge is 0.310 e. The number of esters is 1. The number of hydrogen-bond donors (Lipinski definition) is 1. The zero-order valence-corrected chi connectivity index (χ0v) is 22.3. The number of piperidine rings is 3. The number of ether oxygens (including phenoxy) is 2. The van der Waals surface area contributed by atoms with Crippen LogP contribution in [0, 0.1) is 11.8 Å². The van der Waals surface area contributed by atoms with E-state index in [9.17, 15) is 4.79 Å².